The Morgan fingerprint density at radius 2 is 2.21 bits per heavy atom. The Morgan fingerprint density at radius 1 is 1.33 bits per heavy atom. The molecule has 0 saturated carbocycles. The molecule has 0 fully saturated rings. The first-order valence-corrected chi connectivity index (χ1v) is 8.41. The Kier molecular flexibility index (Phi) is 4.90. The van der Waals surface area contributed by atoms with Crippen molar-refractivity contribution >= 4 is 23.1 Å². The van der Waals surface area contributed by atoms with Crippen molar-refractivity contribution in [2.24, 2.45) is 0 Å². The molecule has 6 nitrogen and oxygen atoms in total. The Bertz CT molecular complexity index is 827. The van der Waals surface area contributed by atoms with Crippen LogP contribution in [-0.4, -0.2) is 22.5 Å². The lowest BCUT2D eigenvalue weighted by Gasteiger charge is -2.08. The van der Waals surface area contributed by atoms with Gasteiger partial charge in [0.05, 0.1) is 16.9 Å². The van der Waals surface area contributed by atoms with Crippen LogP contribution >= 0.6 is 11.3 Å². The van der Waals surface area contributed by atoms with Crippen molar-refractivity contribution in [3.8, 4) is 11.5 Å². The molecule has 2 amide bonds. The molecular weight excluding hydrogens is 324 g/mol. The van der Waals surface area contributed by atoms with Gasteiger partial charge >= 0.3 is 6.03 Å². The van der Waals surface area contributed by atoms with Crippen LogP contribution in [0.5, 0.6) is 0 Å². The fraction of sp³-hybridized carbons (Fsp3) is 0.235. The van der Waals surface area contributed by atoms with Crippen LogP contribution in [0.2, 0.25) is 0 Å². The van der Waals surface area contributed by atoms with Gasteiger partial charge in [-0.2, -0.15) is 0 Å². The maximum absolute atomic E-state index is 12.0. The van der Waals surface area contributed by atoms with E-state index in [0.717, 1.165) is 22.7 Å². The maximum Gasteiger partial charge on any atom is 0.319 e. The maximum atomic E-state index is 12.0. The number of amides is 2. The Hall–Kier alpha value is -2.67. The zero-order valence-electron chi connectivity index (χ0n) is 13.5. The smallest absolute Gasteiger partial charge is 0.319 e. The number of thiazole rings is 1. The van der Waals surface area contributed by atoms with Gasteiger partial charge < -0.3 is 15.1 Å². The van der Waals surface area contributed by atoms with Gasteiger partial charge in [0.1, 0.15) is 6.26 Å². The SMILES string of the molecule is Cc1nc(C)c(CCNC(=O)Nc2cccc(-c3ncco3)c2)s1. The van der Waals surface area contributed by atoms with Crippen molar-refractivity contribution in [3.05, 3.63) is 52.3 Å². The Balaban J connectivity index is 1.53. The van der Waals surface area contributed by atoms with Gasteiger partial charge in [0.15, 0.2) is 0 Å². The van der Waals surface area contributed by atoms with Gasteiger partial charge in [-0.1, -0.05) is 6.07 Å². The van der Waals surface area contributed by atoms with Crippen LogP contribution in [-0.2, 0) is 6.42 Å². The Morgan fingerprint density at radius 3 is 2.92 bits per heavy atom. The number of hydrogen-bond donors (Lipinski definition) is 2. The third kappa shape index (κ3) is 3.99. The molecular formula is C17H18N4O2S. The molecule has 0 unspecified atom stereocenters. The number of carbonyl (C=O) groups excluding carboxylic acids is 1. The van der Waals surface area contributed by atoms with Gasteiger partial charge in [-0.25, -0.2) is 14.8 Å². The molecule has 0 aliphatic heterocycles. The monoisotopic (exact) mass is 342 g/mol. The van der Waals surface area contributed by atoms with E-state index in [0.29, 0.717) is 18.1 Å². The summed E-state index contributed by atoms with van der Waals surface area (Å²) in [5.41, 5.74) is 2.54. The summed E-state index contributed by atoms with van der Waals surface area (Å²) in [7, 11) is 0. The first kappa shape index (κ1) is 16.2. The van der Waals surface area contributed by atoms with Crippen LogP contribution in [0, 0.1) is 13.8 Å². The van der Waals surface area contributed by atoms with Crippen molar-refractivity contribution in [1.29, 1.82) is 0 Å². The van der Waals surface area contributed by atoms with E-state index in [1.165, 1.54) is 11.1 Å². The quantitative estimate of drug-likeness (QED) is 0.739. The zero-order valence-corrected chi connectivity index (χ0v) is 14.3. The fourth-order valence-corrected chi connectivity index (χ4v) is 3.30. The zero-order chi connectivity index (χ0) is 16.9. The van der Waals surface area contributed by atoms with Gasteiger partial charge in [-0.05, 0) is 32.0 Å². The lowest BCUT2D eigenvalue weighted by atomic mass is 10.2. The normalized spacial score (nSPS) is 10.6. The van der Waals surface area contributed by atoms with Crippen LogP contribution in [0.1, 0.15) is 15.6 Å². The van der Waals surface area contributed by atoms with Crippen LogP contribution in [0.4, 0.5) is 10.5 Å². The third-order valence-electron chi connectivity index (χ3n) is 3.44. The summed E-state index contributed by atoms with van der Waals surface area (Å²) in [4.78, 5) is 21.7. The molecule has 3 aromatic rings. The van der Waals surface area contributed by atoms with E-state index < -0.39 is 0 Å². The van der Waals surface area contributed by atoms with Crippen LogP contribution in [0.25, 0.3) is 11.5 Å². The second kappa shape index (κ2) is 7.27. The standard InChI is InChI=1S/C17H18N4O2S/c1-11-15(24-12(2)20-11)6-7-19-17(22)21-14-5-3-4-13(10-14)16-18-8-9-23-16/h3-5,8-10H,6-7H2,1-2H3,(H2,19,21,22). The van der Waals surface area contributed by atoms with Gasteiger partial charge in [-0.3, -0.25) is 0 Å². The molecule has 0 spiro atoms. The highest BCUT2D eigenvalue weighted by atomic mass is 32.1. The van der Waals surface area contributed by atoms with E-state index in [1.54, 1.807) is 17.5 Å². The number of rotatable bonds is 5. The number of nitrogens with one attached hydrogen (secondary N) is 2. The molecule has 24 heavy (non-hydrogen) atoms. The molecule has 0 atom stereocenters. The van der Waals surface area contributed by atoms with Gasteiger partial charge in [0.2, 0.25) is 5.89 Å². The Labute approximate surface area is 144 Å². The summed E-state index contributed by atoms with van der Waals surface area (Å²) in [6.07, 6.45) is 3.89. The summed E-state index contributed by atoms with van der Waals surface area (Å²) in [5, 5.41) is 6.73. The third-order valence-corrected chi connectivity index (χ3v) is 4.57. The summed E-state index contributed by atoms with van der Waals surface area (Å²) in [5.74, 6) is 0.523. The van der Waals surface area contributed by atoms with Crippen LogP contribution in [0.3, 0.4) is 0 Å². The summed E-state index contributed by atoms with van der Waals surface area (Å²) < 4.78 is 5.26. The molecule has 2 aromatic heterocycles. The topological polar surface area (TPSA) is 80.0 Å². The molecule has 0 aliphatic rings. The highest BCUT2D eigenvalue weighted by Crippen LogP contribution is 2.21. The number of benzene rings is 1. The number of aryl methyl sites for hydroxylation is 2. The number of anilines is 1. The van der Waals surface area contributed by atoms with Crippen molar-refractivity contribution in [3.63, 3.8) is 0 Å². The predicted octanol–water partition coefficient (Wildman–Crippen LogP) is 3.78. The minimum Gasteiger partial charge on any atom is -0.445 e. The molecule has 0 aliphatic carbocycles. The second-order valence-corrected chi connectivity index (χ2v) is 6.58. The number of hydrogen-bond acceptors (Lipinski definition) is 5. The van der Waals surface area contributed by atoms with Crippen molar-refractivity contribution in [2.45, 2.75) is 20.3 Å². The van der Waals surface area contributed by atoms with E-state index in [1.807, 2.05) is 38.1 Å². The molecule has 0 bridgehead atoms. The summed E-state index contributed by atoms with van der Waals surface area (Å²) >= 11 is 1.67. The first-order valence-electron chi connectivity index (χ1n) is 7.59. The van der Waals surface area contributed by atoms with Gasteiger partial charge in [0.25, 0.3) is 0 Å². The van der Waals surface area contributed by atoms with Gasteiger partial charge in [0, 0.05) is 29.1 Å². The van der Waals surface area contributed by atoms with Crippen molar-refractivity contribution in [2.75, 3.05) is 11.9 Å². The number of urea groups is 1. The molecule has 0 radical (unpaired) electrons. The fourth-order valence-electron chi connectivity index (χ4n) is 2.37. The lowest BCUT2D eigenvalue weighted by Crippen LogP contribution is -2.30. The minimum absolute atomic E-state index is 0.238. The highest BCUT2D eigenvalue weighted by molar-refractivity contribution is 7.11. The first-order chi connectivity index (χ1) is 11.6. The molecule has 0 saturated heterocycles. The molecule has 3 rings (SSSR count). The van der Waals surface area contributed by atoms with E-state index in [9.17, 15) is 4.79 Å². The molecule has 1 aromatic carbocycles. The van der Waals surface area contributed by atoms with E-state index in [4.69, 9.17) is 4.42 Å². The average Bonchev–Trinajstić information content (AvgIpc) is 3.18. The average molecular weight is 342 g/mol. The second-order valence-electron chi connectivity index (χ2n) is 5.29. The van der Waals surface area contributed by atoms with E-state index in [2.05, 4.69) is 20.6 Å². The molecule has 2 heterocycles. The van der Waals surface area contributed by atoms with Crippen molar-refractivity contribution < 1.29 is 9.21 Å². The largest absolute Gasteiger partial charge is 0.445 e. The van der Waals surface area contributed by atoms with Gasteiger partial charge in [-0.15, -0.1) is 11.3 Å². The van der Waals surface area contributed by atoms with E-state index in [-0.39, 0.29) is 6.03 Å². The molecule has 124 valence electrons. The van der Waals surface area contributed by atoms with Crippen LogP contribution in [0.15, 0.2) is 41.1 Å². The minimum atomic E-state index is -0.238. The number of carbonyl (C=O) groups is 1. The number of nitrogens with zero attached hydrogens (tertiary/aromatic N) is 2. The molecule has 7 heteroatoms. The summed E-state index contributed by atoms with van der Waals surface area (Å²) in [6.45, 7) is 4.54. The highest BCUT2D eigenvalue weighted by Gasteiger charge is 2.07. The number of aromatic nitrogens is 2. The van der Waals surface area contributed by atoms with Crippen LogP contribution < -0.4 is 10.6 Å². The number of oxazole rings is 1. The summed E-state index contributed by atoms with van der Waals surface area (Å²) in [6, 6.07) is 7.13. The molecule has 2 N–H and O–H groups in total. The van der Waals surface area contributed by atoms with Crippen molar-refractivity contribution in [1.82, 2.24) is 15.3 Å². The van der Waals surface area contributed by atoms with E-state index >= 15 is 0 Å². The predicted molar refractivity (Wildman–Crippen MR) is 94.3 cm³/mol. The lowest BCUT2D eigenvalue weighted by molar-refractivity contribution is 0.252.